The third-order valence-electron chi connectivity index (χ3n) is 4.78. The first kappa shape index (κ1) is 19.6. The first-order valence-corrected chi connectivity index (χ1v) is 9.37. The van der Waals surface area contributed by atoms with Crippen LogP contribution in [0.15, 0.2) is 18.2 Å². The number of urea groups is 1. The van der Waals surface area contributed by atoms with Crippen LogP contribution in [0.25, 0.3) is 0 Å². The number of likely N-dealkylation sites (tertiary alicyclic amines) is 1. The van der Waals surface area contributed by atoms with E-state index in [2.05, 4.69) is 12.2 Å². The highest BCUT2D eigenvalue weighted by Crippen LogP contribution is 2.23. The standard InChI is InChI=1S/C19H28ClN3O2/c1-4-5-10-22(3)18(24)15-8-11-23(12-9-15)19(25)21-17-7-6-16(20)13-14(17)2/h6-7,13,15H,4-5,8-12H2,1-3H3,(H,21,25). The molecule has 0 spiro atoms. The molecule has 0 saturated carbocycles. The molecule has 0 radical (unpaired) electrons. The summed E-state index contributed by atoms with van der Waals surface area (Å²) in [6.45, 7) is 6.06. The largest absolute Gasteiger partial charge is 0.346 e. The van der Waals surface area contributed by atoms with Gasteiger partial charge in [-0.2, -0.15) is 0 Å². The number of amides is 3. The minimum atomic E-state index is -0.115. The molecule has 6 heteroatoms. The summed E-state index contributed by atoms with van der Waals surface area (Å²) in [6.07, 6.45) is 3.56. The molecule has 1 saturated heterocycles. The lowest BCUT2D eigenvalue weighted by molar-refractivity contribution is -0.135. The molecule has 1 aliphatic heterocycles. The predicted molar refractivity (Wildman–Crippen MR) is 102 cm³/mol. The van der Waals surface area contributed by atoms with E-state index in [0.29, 0.717) is 18.1 Å². The van der Waals surface area contributed by atoms with Crippen LogP contribution in [-0.2, 0) is 4.79 Å². The average Bonchev–Trinajstić information content (AvgIpc) is 2.61. The summed E-state index contributed by atoms with van der Waals surface area (Å²) in [5, 5.41) is 3.59. The molecular weight excluding hydrogens is 338 g/mol. The maximum absolute atomic E-state index is 12.4. The number of nitrogens with one attached hydrogen (secondary N) is 1. The van der Waals surface area contributed by atoms with Crippen molar-refractivity contribution in [1.29, 1.82) is 0 Å². The Balaban J connectivity index is 1.84. The van der Waals surface area contributed by atoms with E-state index in [9.17, 15) is 9.59 Å². The second-order valence-corrected chi connectivity index (χ2v) is 7.20. The van der Waals surface area contributed by atoms with Gasteiger partial charge in [0.05, 0.1) is 0 Å². The number of benzene rings is 1. The summed E-state index contributed by atoms with van der Waals surface area (Å²) in [6, 6.07) is 5.29. The molecule has 1 heterocycles. The van der Waals surface area contributed by atoms with Gasteiger partial charge in [0.15, 0.2) is 0 Å². The van der Waals surface area contributed by atoms with E-state index in [1.54, 1.807) is 11.0 Å². The maximum Gasteiger partial charge on any atom is 0.321 e. The molecule has 1 fully saturated rings. The van der Waals surface area contributed by atoms with Gasteiger partial charge in [-0.05, 0) is 49.9 Å². The number of halogens is 1. The van der Waals surface area contributed by atoms with Crippen molar-refractivity contribution in [2.24, 2.45) is 5.92 Å². The first-order valence-electron chi connectivity index (χ1n) is 8.99. The van der Waals surface area contributed by atoms with Crippen molar-refractivity contribution >= 4 is 29.2 Å². The lowest BCUT2D eigenvalue weighted by atomic mass is 9.95. The van der Waals surface area contributed by atoms with Gasteiger partial charge in [-0.3, -0.25) is 4.79 Å². The first-order chi connectivity index (χ1) is 11.9. The number of anilines is 1. The molecule has 1 N–H and O–H groups in total. The molecule has 0 aliphatic carbocycles. The van der Waals surface area contributed by atoms with E-state index in [-0.39, 0.29) is 17.9 Å². The zero-order valence-corrected chi connectivity index (χ0v) is 16.1. The topological polar surface area (TPSA) is 52.7 Å². The van der Waals surface area contributed by atoms with E-state index >= 15 is 0 Å². The molecule has 25 heavy (non-hydrogen) atoms. The number of hydrogen-bond acceptors (Lipinski definition) is 2. The zero-order valence-electron chi connectivity index (χ0n) is 15.3. The van der Waals surface area contributed by atoms with Crippen LogP contribution in [0.5, 0.6) is 0 Å². The van der Waals surface area contributed by atoms with Crippen LogP contribution in [0.2, 0.25) is 5.02 Å². The summed E-state index contributed by atoms with van der Waals surface area (Å²) < 4.78 is 0. The lowest BCUT2D eigenvalue weighted by Crippen LogP contribution is -2.45. The van der Waals surface area contributed by atoms with Crippen LogP contribution in [-0.4, -0.2) is 48.4 Å². The van der Waals surface area contributed by atoms with Gasteiger partial charge in [0.1, 0.15) is 0 Å². The van der Waals surface area contributed by atoms with Crippen molar-refractivity contribution in [2.45, 2.75) is 39.5 Å². The van der Waals surface area contributed by atoms with Crippen molar-refractivity contribution < 1.29 is 9.59 Å². The Bertz CT molecular complexity index is 613. The number of carbonyl (C=O) groups is 2. The summed E-state index contributed by atoms with van der Waals surface area (Å²) in [4.78, 5) is 28.5. The van der Waals surface area contributed by atoms with Crippen molar-refractivity contribution in [3.8, 4) is 0 Å². The summed E-state index contributed by atoms with van der Waals surface area (Å²) in [5.74, 6) is 0.241. The number of rotatable bonds is 5. The van der Waals surface area contributed by atoms with Crippen molar-refractivity contribution in [3.63, 3.8) is 0 Å². The van der Waals surface area contributed by atoms with Gasteiger partial charge >= 0.3 is 6.03 Å². The fourth-order valence-electron chi connectivity index (χ4n) is 3.11. The van der Waals surface area contributed by atoms with E-state index in [4.69, 9.17) is 11.6 Å². The van der Waals surface area contributed by atoms with Gasteiger partial charge in [-0.15, -0.1) is 0 Å². The van der Waals surface area contributed by atoms with Crippen molar-refractivity contribution in [2.75, 3.05) is 32.0 Å². The van der Waals surface area contributed by atoms with Crippen molar-refractivity contribution in [1.82, 2.24) is 9.80 Å². The molecule has 3 amide bonds. The molecule has 1 aromatic rings. The normalized spacial score (nSPS) is 15.1. The number of unbranched alkanes of at least 4 members (excludes halogenated alkanes) is 1. The number of carbonyl (C=O) groups excluding carboxylic acids is 2. The van der Waals surface area contributed by atoms with Crippen molar-refractivity contribution in [3.05, 3.63) is 28.8 Å². The highest BCUT2D eigenvalue weighted by atomic mass is 35.5. The van der Waals surface area contributed by atoms with Crippen LogP contribution in [0.3, 0.4) is 0 Å². The number of hydrogen-bond donors (Lipinski definition) is 1. The third kappa shape index (κ3) is 5.36. The minimum Gasteiger partial charge on any atom is -0.346 e. The fourth-order valence-corrected chi connectivity index (χ4v) is 3.33. The van der Waals surface area contributed by atoms with Crippen LogP contribution >= 0.6 is 11.6 Å². The Kier molecular flexibility index (Phi) is 7.12. The third-order valence-corrected chi connectivity index (χ3v) is 5.02. The molecule has 1 aromatic carbocycles. The van der Waals surface area contributed by atoms with E-state index in [1.165, 1.54) is 0 Å². The van der Waals surface area contributed by atoms with E-state index in [0.717, 1.165) is 43.5 Å². The number of aryl methyl sites for hydroxylation is 1. The van der Waals surface area contributed by atoms with Crippen LogP contribution < -0.4 is 5.32 Å². The number of nitrogens with zero attached hydrogens (tertiary/aromatic N) is 2. The van der Waals surface area contributed by atoms with Gasteiger partial charge < -0.3 is 15.1 Å². The van der Waals surface area contributed by atoms with E-state index < -0.39 is 0 Å². The van der Waals surface area contributed by atoms with Gasteiger partial charge in [-0.25, -0.2) is 4.79 Å². The quantitative estimate of drug-likeness (QED) is 0.852. The highest BCUT2D eigenvalue weighted by Gasteiger charge is 2.29. The monoisotopic (exact) mass is 365 g/mol. The molecule has 0 aromatic heterocycles. The molecule has 5 nitrogen and oxygen atoms in total. The number of piperidine rings is 1. The SMILES string of the molecule is CCCCN(C)C(=O)C1CCN(C(=O)Nc2ccc(Cl)cc2C)CC1. The molecular formula is C19H28ClN3O2. The summed E-state index contributed by atoms with van der Waals surface area (Å²) in [5.41, 5.74) is 1.70. The molecule has 2 rings (SSSR count). The lowest BCUT2D eigenvalue weighted by Gasteiger charge is -2.33. The predicted octanol–water partition coefficient (Wildman–Crippen LogP) is 4.15. The van der Waals surface area contributed by atoms with Crippen LogP contribution in [0.1, 0.15) is 38.2 Å². The molecule has 138 valence electrons. The second kappa shape index (κ2) is 9.09. The Morgan fingerprint density at radius 3 is 2.60 bits per heavy atom. The molecule has 1 aliphatic rings. The summed E-state index contributed by atoms with van der Waals surface area (Å²) in [7, 11) is 1.88. The summed E-state index contributed by atoms with van der Waals surface area (Å²) >= 11 is 5.95. The van der Waals surface area contributed by atoms with E-state index in [1.807, 2.05) is 31.0 Å². The Labute approximate surface area is 155 Å². The van der Waals surface area contributed by atoms with Gasteiger partial charge in [0.2, 0.25) is 5.91 Å². The second-order valence-electron chi connectivity index (χ2n) is 6.76. The maximum atomic E-state index is 12.4. The highest BCUT2D eigenvalue weighted by molar-refractivity contribution is 6.30. The van der Waals surface area contributed by atoms with Gasteiger partial charge in [0.25, 0.3) is 0 Å². The van der Waals surface area contributed by atoms with Crippen LogP contribution in [0, 0.1) is 12.8 Å². The average molecular weight is 366 g/mol. The molecule has 0 bridgehead atoms. The molecule has 0 atom stereocenters. The zero-order chi connectivity index (χ0) is 18.4. The Morgan fingerprint density at radius 1 is 1.32 bits per heavy atom. The smallest absolute Gasteiger partial charge is 0.321 e. The van der Waals surface area contributed by atoms with Crippen LogP contribution in [0.4, 0.5) is 10.5 Å². The molecule has 0 unspecified atom stereocenters. The van der Waals surface area contributed by atoms with Gasteiger partial charge in [-0.1, -0.05) is 24.9 Å². The Morgan fingerprint density at radius 2 is 2.00 bits per heavy atom. The fraction of sp³-hybridized carbons (Fsp3) is 0.579. The van der Waals surface area contributed by atoms with Gasteiger partial charge in [0, 0.05) is 43.3 Å². The Hall–Kier alpha value is -1.75. The minimum absolute atomic E-state index is 0.0307.